The van der Waals surface area contributed by atoms with Crippen molar-refractivity contribution < 1.29 is 24.2 Å². The lowest BCUT2D eigenvalue weighted by Crippen LogP contribution is -2.55. The number of methoxy groups -OCH3 is 1. The Balaban J connectivity index is 1.78. The van der Waals surface area contributed by atoms with E-state index in [1.165, 1.54) is 7.11 Å². The summed E-state index contributed by atoms with van der Waals surface area (Å²) >= 11 is 0. The molecule has 2 amide bonds. The molecule has 0 saturated carbocycles. The fraction of sp³-hybridized carbons (Fsp3) is 0.483. The predicted octanol–water partition coefficient (Wildman–Crippen LogP) is 4.47. The molecular formula is C29H40N4O5. The van der Waals surface area contributed by atoms with E-state index in [0.29, 0.717) is 11.4 Å². The number of urea groups is 1. The number of carboxylic acid groups (broad SMARTS) is 1. The fourth-order valence-electron chi connectivity index (χ4n) is 5.63. The molecule has 0 bridgehead atoms. The number of hydrogen-bond donors (Lipinski definition) is 4. The first-order valence-corrected chi connectivity index (χ1v) is 13.1. The van der Waals surface area contributed by atoms with Crippen LogP contribution in [0.25, 0.3) is 0 Å². The van der Waals surface area contributed by atoms with E-state index >= 15 is 0 Å². The minimum Gasteiger partial charge on any atom is -0.495 e. The summed E-state index contributed by atoms with van der Waals surface area (Å²) in [6.45, 7) is 7.79. The van der Waals surface area contributed by atoms with Gasteiger partial charge in [0.2, 0.25) is 0 Å². The van der Waals surface area contributed by atoms with Gasteiger partial charge in [0.1, 0.15) is 11.3 Å². The maximum absolute atomic E-state index is 13.2. The number of aryl methyl sites for hydroxylation is 1. The number of ether oxygens (including phenoxy) is 1. The van der Waals surface area contributed by atoms with Gasteiger partial charge in [-0.2, -0.15) is 0 Å². The zero-order chi connectivity index (χ0) is 27.9. The van der Waals surface area contributed by atoms with Crippen molar-refractivity contribution in [1.29, 1.82) is 0 Å². The van der Waals surface area contributed by atoms with Crippen molar-refractivity contribution in [2.75, 3.05) is 44.4 Å². The van der Waals surface area contributed by atoms with E-state index in [0.717, 1.165) is 49.3 Å². The number of benzene rings is 2. The first-order valence-electron chi connectivity index (χ1n) is 13.1. The van der Waals surface area contributed by atoms with Gasteiger partial charge < -0.3 is 30.7 Å². The summed E-state index contributed by atoms with van der Waals surface area (Å²) < 4.78 is 5.62. The molecule has 9 nitrogen and oxygen atoms in total. The molecule has 2 unspecified atom stereocenters. The number of piperidine rings is 1. The van der Waals surface area contributed by atoms with Crippen LogP contribution in [0.1, 0.15) is 44.2 Å². The van der Waals surface area contributed by atoms with Crippen LogP contribution in [0.4, 0.5) is 16.2 Å². The summed E-state index contributed by atoms with van der Waals surface area (Å²) in [6.07, 6.45) is 1.74. The summed E-state index contributed by atoms with van der Waals surface area (Å²) in [6, 6.07) is 12.6. The summed E-state index contributed by atoms with van der Waals surface area (Å²) in [5, 5.41) is 18.1. The van der Waals surface area contributed by atoms with E-state index in [2.05, 4.69) is 20.9 Å². The number of para-hydroxylation sites is 1. The van der Waals surface area contributed by atoms with Crippen molar-refractivity contribution in [2.45, 2.75) is 45.6 Å². The van der Waals surface area contributed by atoms with Gasteiger partial charge in [0, 0.05) is 18.7 Å². The van der Waals surface area contributed by atoms with Gasteiger partial charge in [0.05, 0.1) is 12.8 Å². The number of carbonyl (C=O) groups excluding carboxylic acids is 2. The monoisotopic (exact) mass is 524 g/mol. The number of hydrogen-bond acceptors (Lipinski definition) is 6. The number of rotatable bonds is 11. The number of carbonyl (C=O) groups is 3. The molecule has 38 heavy (non-hydrogen) atoms. The number of likely N-dealkylation sites (N-methyl/N-ethyl adjacent to an activating group) is 1. The van der Waals surface area contributed by atoms with Gasteiger partial charge in [-0.1, -0.05) is 31.2 Å². The van der Waals surface area contributed by atoms with Crippen LogP contribution in [0.3, 0.4) is 0 Å². The second kappa shape index (κ2) is 12.9. The maximum atomic E-state index is 13.2. The van der Waals surface area contributed by atoms with Crippen molar-refractivity contribution in [3.8, 4) is 5.75 Å². The van der Waals surface area contributed by atoms with Gasteiger partial charge in [0.15, 0.2) is 5.78 Å². The number of nitrogens with one attached hydrogen (secondary N) is 3. The van der Waals surface area contributed by atoms with Gasteiger partial charge in [0.25, 0.3) is 0 Å². The Morgan fingerprint density at radius 1 is 1.11 bits per heavy atom. The number of amides is 2. The van der Waals surface area contributed by atoms with Crippen LogP contribution < -0.4 is 20.7 Å². The Hall–Kier alpha value is -3.43. The zero-order valence-electron chi connectivity index (χ0n) is 23.0. The molecule has 1 heterocycles. The molecular weight excluding hydrogens is 484 g/mol. The second-order valence-corrected chi connectivity index (χ2v) is 10.2. The molecule has 9 heteroatoms. The fourth-order valence-corrected chi connectivity index (χ4v) is 5.63. The van der Waals surface area contributed by atoms with Crippen LogP contribution in [0.5, 0.6) is 5.75 Å². The Bertz CT molecular complexity index is 1150. The molecule has 206 valence electrons. The third-order valence-corrected chi connectivity index (χ3v) is 7.54. The van der Waals surface area contributed by atoms with Crippen LogP contribution >= 0.6 is 0 Å². The maximum Gasteiger partial charge on any atom is 0.323 e. The van der Waals surface area contributed by atoms with E-state index in [1.54, 1.807) is 20.0 Å². The Morgan fingerprint density at radius 3 is 2.34 bits per heavy atom. The predicted molar refractivity (Wildman–Crippen MR) is 149 cm³/mol. The highest BCUT2D eigenvalue weighted by Crippen LogP contribution is 2.40. The standard InChI is InChI=1S/C29H40N4O5/c1-19(16-27(35)36)18-33-14-12-22(13-15-33)29(30-4,21(3)34)23-10-11-25(26(17-23)38-5)32-28(37)31-24-9-7-6-8-20(24)2/h6-11,17,19,22,30H,12-16,18H2,1-5H3,(H,35,36)(H2,31,32,37). The molecule has 1 saturated heterocycles. The molecule has 4 N–H and O–H groups in total. The molecule has 0 radical (unpaired) electrons. The number of likely N-dealkylation sites (tertiary alicyclic amines) is 1. The van der Waals surface area contributed by atoms with E-state index < -0.39 is 11.5 Å². The summed E-state index contributed by atoms with van der Waals surface area (Å²) in [5.74, 6) is -0.194. The lowest BCUT2D eigenvalue weighted by molar-refractivity contribution is -0.138. The van der Waals surface area contributed by atoms with Crippen molar-refractivity contribution in [1.82, 2.24) is 10.2 Å². The van der Waals surface area contributed by atoms with Crippen LogP contribution in [0, 0.1) is 18.8 Å². The highest BCUT2D eigenvalue weighted by atomic mass is 16.5. The van der Waals surface area contributed by atoms with Crippen molar-refractivity contribution in [3.05, 3.63) is 53.6 Å². The van der Waals surface area contributed by atoms with E-state index in [9.17, 15) is 14.4 Å². The molecule has 3 rings (SSSR count). The van der Waals surface area contributed by atoms with Gasteiger partial charge in [-0.05, 0) is 88.0 Å². The summed E-state index contributed by atoms with van der Waals surface area (Å²) in [5.41, 5.74) is 2.04. The molecule has 2 aromatic carbocycles. The normalized spacial score (nSPS) is 16.8. The third-order valence-electron chi connectivity index (χ3n) is 7.54. The molecule has 0 spiro atoms. The minimum absolute atomic E-state index is 0.0118. The van der Waals surface area contributed by atoms with Crippen LogP contribution in [0.2, 0.25) is 0 Å². The number of ketones is 1. The highest BCUT2D eigenvalue weighted by molar-refractivity contribution is 6.01. The first-order chi connectivity index (χ1) is 18.1. The second-order valence-electron chi connectivity index (χ2n) is 10.2. The largest absolute Gasteiger partial charge is 0.495 e. The highest BCUT2D eigenvalue weighted by Gasteiger charge is 2.45. The minimum atomic E-state index is -0.909. The van der Waals surface area contributed by atoms with Crippen LogP contribution in [-0.4, -0.2) is 61.6 Å². The van der Waals surface area contributed by atoms with Gasteiger partial charge in [-0.15, -0.1) is 0 Å². The van der Waals surface area contributed by atoms with Crippen molar-refractivity contribution in [2.24, 2.45) is 11.8 Å². The molecule has 0 aliphatic carbocycles. The third kappa shape index (κ3) is 6.71. The van der Waals surface area contributed by atoms with Crippen molar-refractivity contribution in [3.63, 3.8) is 0 Å². The number of aliphatic carboxylic acids is 1. The molecule has 1 aliphatic rings. The number of nitrogens with zero attached hydrogens (tertiary/aromatic N) is 1. The van der Waals surface area contributed by atoms with Gasteiger partial charge >= 0.3 is 12.0 Å². The first kappa shape index (κ1) is 29.1. The Morgan fingerprint density at radius 2 is 1.76 bits per heavy atom. The molecule has 1 aliphatic heterocycles. The average molecular weight is 525 g/mol. The van der Waals surface area contributed by atoms with Gasteiger partial charge in [-0.25, -0.2) is 4.79 Å². The van der Waals surface area contributed by atoms with Crippen LogP contribution in [0.15, 0.2) is 42.5 Å². The SMILES string of the molecule is CNC(C(C)=O)(c1ccc(NC(=O)Nc2ccccc2C)c(OC)c1)C1CCN(CC(C)CC(=O)O)CC1. The molecule has 1 fully saturated rings. The molecule has 0 aromatic heterocycles. The summed E-state index contributed by atoms with van der Waals surface area (Å²) in [4.78, 5) is 39.2. The number of Topliss-reactive ketones (excluding diaryl/α,β-unsaturated/α-hetero) is 1. The Labute approximate surface area is 224 Å². The van der Waals surface area contributed by atoms with E-state index in [1.807, 2.05) is 50.2 Å². The van der Waals surface area contributed by atoms with E-state index in [-0.39, 0.29) is 30.1 Å². The van der Waals surface area contributed by atoms with Gasteiger partial charge in [-0.3, -0.25) is 9.59 Å². The molecule has 2 atom stereocenters. The number of anilines is 2. The van der Waals surface area contributed by atoms with E-state index in [4.69, 9.17) is 9.84 Å². The van der Waals surface area contributed by atoms with Crippen LogP contribution in [-0.2, 0) is 15.1 Å². The quantitative estimate of drug-likeness (QED) is 0.342. The summed E-state index contributed by atoms with van der Waals surface area (Å²) in [7, 11) is 3.34. The Kier molecular flexibility index (Phi) is 9.88. The topological polar surface area (TPSA) is 120 Å². The lowest BCUT2D eigenvalue weighted by Gasteiger charge is -2.44. The van der Waals surface area contributed by atoms with Crippen molar-refractivity contribution >= 4 is 29.2 Å². The number of carboxylic acids is 1. The average Bonchev–Trinajstić information content (AvgIpc) is 2.87. The molecule has 2 aromatic rings. The smallest absolute Gasteiger partial charge is 0.323 e. The lowest BCUT2D eigenvalue weighted by atomic mass is 9.71. The zero-order valence-corrected chi connectivity index (χ0v) is 23.0.